The third-order valence-corrected chi connectivity index (χ3v) is 5.79. The van der Waals surface area contributed by atoms with Crippen LogP contribution in [0.25, 0.3) is 0 Å². The predicted molar refractivity (Wildman–Crippen MR) is 102 cm³/mol. The number of hydrogen-bond donors (Lipinski definition) is 1. The monoisotopic (exact) mass is 370 g/mol. The molecule has 0 aromatic heterocycles. The number of carboxylic acid groups (broad SMARTS) is 1. The third kappa shape index (κ3) is 3.63. The van der Waals surface area contributed by atoms with Crippen molar-refractivity contribution in [2.24, 2.45) is 0 Å². The minimum atomic E-state index is -1.15. The molecule has 0 atom stereocenters. The Balaban J connectivity index is 1.91. The van der Waals surface area contributed by atoms with Crippen molar-refractivity contribution < 1.29 is 19.4 Å². The molecule has 1 N–H and O–H groups in total. The first kappa shape index (κ1) is 18.5. The summed E-state index contributed by atoms with van der Waals surface area (Å²) in [4.78, 5) is 25.0. The molecule has 0 saturated heterocycles. The largest absolute Gasteiger partial charge is 0.478 e. The molecule has 1 aliphatic rings. The number of carbonyl (C=O) groups excluding carboxylic acids is 1. The Morgan fingerprint density at radius 1 is 1.04 bits per heavy atom. The van der Waals surface area contributed by atoms with E-state index in [1.165, 1.54) is 17.0 Å². The van der Waals surface area contributed by atoms with Crippen molar-refractivity contribution in [2.45, 2.75) is 49.2 Å². The smallest absolute Gasteiger partial charge is 0.344 e. The lowest BCUT2D eigenvalue weighted by atomic mass is 9.77. The van der Waals surface area contributed by atoms with Crippen LogP contribution in [-0.4, -0.2) is 21.8 Å². The van der Waals surface area contributed by atoms with E-state index in [0.717, 1.165) is 12.0 Å². The Morgan fingerprint density at radius 3 is 2.35 bits per heavy atom. The van der Waals surface area contributed by atoms with E-state index in [-0.39, 0.29) is 21.3 Å². The van der Waals surface area contributed by atoms with Gasteiger partial charge in [0.1, 0.15) is 5.75 Å². The fourth-order valence-electron chi connectivity index (χ4n) is 3.69. The Kier molecular flexibility index (Phi) is 4.61. The Bertz CT molecular complexity index is 883. The van der Waals surface area contributed by atoms with Crippen molar-refractivity contribution in [1.82, 2.24) is 0 Å². The molecule has 4 nitrogen and oxygen atoms in total. The average molecular weight is 370 g/mol. The van der Waals surface area contributed by atoms with Crippen molar-refractivity contribution >= 4 is 23.7 Å². The highest BCUT2D eigenvalue weighted by Crippen LogP contribution is 2.51. The van der Waals surface area contributed by atoms with E-state index in [1.54, 1.807) is 18.2 Å². The zero-order chi connectivity index (χ0) is 19.1. The molecule has 3 rings (SSSR count). The molecule has 2 aromatic rings. The summed E-state index contributed by atoms with van der Waals surface area (Å²) in [7, 11) is 0. The van der Waals surface area contributed by atoms with Crippen LogP contribution in [0.4, 0.5) is 0 Å². The number of benzene rings is 2. The fourth-order valence-corrected chi connectivity index (χ4v) is 5.30. The molecule has 5 heteroatoms. The predicted octanol–water partition coefficient (Wildman–Crippen LogP) is 5.16. The summed E-state index contributed by atoms with van der Waals surface area (Å²) in [5, 5.41) is 9.25. The molecule has 0 radical (unpaired) electrons. The van der Waals surface area contributed by atoms with Gasteiger partial charge in [-0.05, 0) is 47.7 Å². The molecule has 0 unspecified atom stereocenters. The van der Waals surface area contributed by atoms with Crippen LogP contribution < -0.4 is 4.74 Å². The molecule has 1 heterocycles. The van der Waals surface area contributed by atoms with Crippen LogP contribution in [0.2, 0.25) is 0 Å². The summed E-state index contributed by atoms with van der Waals surface area (Å²) in [6.45, 7) is 8.86. The molecule has 0 fully saturated rings. The highest BCUT2D eigenvalue weighted by molar-refractivity contribution is 8.00. The average Bonchev–Trinajstić information content (AvgIpc) is 2.54. The van der Waals surface area contributed by atoms with Crippen LogP contribution >= 0.6 is 11.8 Å². The molecule has 0 spiro atoms. The molecular formula is C21H22O4S. The standard InChI is InChI=1S/C21H22O4S/c1-20(2)12-21(3,4)26-17-10-9-13(11-16(17)20)25-19(24)15-8-6-5-7-14(15)18(22)23/h5-11H,12H2,1-4H3,(H,22,23). The van der Waals surface area contributed by atoms with Crippen LogP contribution in [0.3, 0.4) is 0 Å². The van der Waals surface area contributed by atoms with E-state index in [4.69, 9.17) is 4.74 Å². The summed E-state index contributed by atoms with van der Waals surface area (Å²) < 4.78 is 5.64. The molecular weight excluding hydrogens is 348 g/mol. The second-order valence-electron chi connectivity index (χ2n) is 7.82. The molecule has 136 valence electrons. The molecule has 0 amide bonds. The Hall–Kier alpha value is -2.27. The number of aromatic carboxylic acids is 1. The van der Waals surface area contributed by atoms with E-state index in [1.807, 2.05) is 23.9 Å². The second-order valence-corrected chi connectivity index (χ2v) is 9.57. The molecule has 0 saturated carbocycles. The summed E-state index contributed by atoms with van der Waals surface area (Å²) in [5.41, 5.74) is 1.10. The topological polar surface area (TPSA) is 63.6 Å². The highest BCUT2D eigenvalue weighted by atomic mass is 32.2. The number of esters is 1. The quantitative estimate of drug-likeness (QED) is 0.597. The van der Waals surface area contributed by atoms with Gasteiger partial charge in [0.05, 0.1) is 11.1 Å². The highest BCUT2D eigenvalue weighted by Gasteiger charge is 2.38. The maximum absolute atomic E-state index is 12.5. The Morgan fingerprint density at radius 2 is 1.69 bits per heavy atom. The fraction of sp³-hybridized carbons (Fsp3) is 0.333. The van der Waals surface area contributed by atoms with Gasteiger partial charge in [-0.1, -0.05) is 39.8 Å². The van der Waals surface area contributed by atoms with Gasteiger partial charge >= 0.3 is 11.9 Å². The van der Waals surface area contributed by atoms with Crippen LogP contribution in [0.5, 0.6) is 5.75 Å². The number of carbonyl (C=O) groups is 2. The van der Waals surface area contributed by atoms with Gasteiger partial charge in [0.25, 0.3) is 0 Å². The zero-order valence-corrected chi connectivity index (χ0v) is 16.1. The van der Waals surface area contributed by atoms with Crippen molar-refractivity contribution in [1.29, 1.82) is 0 Å². The lowest BCUT2D eigenvalue weighted by Crippen LogP contribution is -2.33. The molecule has 2 aromatic carbocycles. The van der Waals surface area contributed by atoms with Gasteiger partial charge in [-0.25, -0.2) is 9.59 Å². The summed E-state index contributed by atoms with van der Waals surface area (Å²) >= 11 is 1.83. The third-order valence-electron chi connectivity index (χ3n) is 4.52. The van der Waals surface area contributed by atoms with E-state index >= 15 is 0 Å². The zero-order valence-electron chi connectivity index (χ0n) is 15.3. The van der Waals surface area contributed by atoms with Crippen molar-refractivity contribution in [3.05, 3.63) is 59.2 Å². The first-order valence-electron chi connectivity index (χ1n) is 8.47. The maximum Gasteiger partial charge on any atom is 0.344 e. The van der Waals surface area contributed by atoms with Crippen molar-refractivity contribution in [3.63, 3.8) is 0 Å². The number of ether oxygens (including phenoxy) is 1. The molecule has 0 aliphatic carbocycles. The van der Waals surface area contributed by atoms with Gasteiger partial charge in [0, 0.05) is 9.64 Å². The maximum atomic E-state index is 12.5. The van der Waals surface area contributed by atoms with Gasteiger partial charge < -0.3 is 9.84 Å². The number of thioether (sulfide) groups is 1. The number of fused-ring (bicyclic) bond motifs is 1. The van der Waals surface area contributed by atoms with Gasteiger partial charge in [-0.2, -0.15) is 0 Å². The van der Waals surface area contributed by atoms with E-state index in [0.29, 0.717) is 5.75 Å². The van der Waals surface area contributed by atoms with Crippen LogP contribution in [-0.2, 0) is 5.41 Å². The first-order chi connectivity index (χ1) is 12.1. The van der Waals surface area contributed by atoms with Crippen LogP contribution in [0.1, 0.15) is 60.4 Å². The van der Waals surface area contributed by atoms with E-state index in [2.05, 4.69) is 27.7 Å². The lowest BCUT2D eigenvalue weighted by molar-refractivity contribution is 0.0668. The second kappa shape index (κ2) is 6.47. The summed E-state index contributed by atoms with van der Waals surface area (Å²) in [6.07, 6.45) is 1.01. The van der Waals surface area contributed by atoms with Gasteiger partial charge in [0.15, 0.2) is 0 Å². The van der Waals surface area contributed by atoms with Crippen LogP contribution in [0.15, 0.2) is 47.4 Å². The van der Waals surface area contributed by atoms with E-state index in [9.17, 15) is 14.7 Å². The van der Waals surface area contributed by atoms with Crippen molar-refractivity contribution in [3.8, 4) is 5.75 Å². The molecule has 0 bridgehead atoms. The first-order valence-corrected chi connectivity index (χ1v) is 9.29. The normalized spacial score (nSPS) is 17.2. The SMILES string of the molecule is CC1(C)CC(C)(C)c2cc(OC(=O)c3ccccc3C(=O)O)ccc2S1. The van der Waals surface area contributed by atoms with Gasteiger partial charge in [-0.3, -0.25) is 0 Å². The van der Waals surface area contributed by atoms with Crippen LogP contribution in [0, 0.1) is 0 Å². The Labute approximate surface area is 157 Å². The summed E-state index contributed by atoms with van der Waals surface area (Å²) in [5.74, 6) is -1.38. The van der Waals surface area contributed by atoms with Gasteiger partial charge in [0.2, 0.25) is 0 Å². The number of carboxylic acids is 1. The molecule has 26 heavy (non-hydrogen) atoms. The number of rotatable bonds is 3. The van der Waals surface area contributed by atoms with Crippen molar-refractivity contribution in [2.75, 3.05) is 0 Å². The number of hydrogen-bond acceptors (Lipinski definition) is 4. The minimum absolute atomic E-state index is 0.0362. The summed E-state index contributed by atoms with van der Waals surface area (Å²) in [6, 6.07) is 11.7. The lowest BCUT2D eigenvalue weighted by Gasteiger charge is -2.41. The van der Waals surface area contributed by atoms with Gasteiger partial charge in [-0.15, -0.1) is 11.8 Å². The molecule has 1 aliphatic heterocycles. The minimum Gasteiger partial charge on any atom is -0.478 e. The van der Waals surface area contributed by atoms with E-state index < -0.39 is 11.9 Å².